The summed E-state index contributed by atoms with van der Waals surface area (Å²) in [5, 5.41) is 12.0. The van der Waals surface area contributed by atoms with Gasteiger partial charge >= 0.3 is 7.60 Å². The standard InChI is InChI=1S/C22H25FN5O6PS2/c23-18-11-17(6-4-14(18)12-25)34-35(30,31)13-27-37(32,33)21-10-15-9-16(5-7-20(15)36-21)28-22(29)19(26)3-1-2-8-24/h4-7,9-11,19,27H,1-3,8,13,24,26H2,(H,28,29)(H,30,31). The zero-order valence-corrected chi connectivity index (χ0v) is 21.9. The fourth-order valence-corrected chi connectivity index (χ4v) is 7.11. The highest BCUT2D eigenvalue weighted by atomic mass is 32.2. The second-order valence-electron chi connectivity index (χ2n) is 7.99. The van der Waals surface area contributed by atoms with Crippen molar-refractivity contribution in [3.05, 3.63) is 53.8 Å². The van der Waals surface area contributed by atoms with E-state index in [1.165, 1.54) is 6.07 Å². The minimum Gasteiger partial charge on any atom is -0.424 e. The lowest BCUT2D eigenvalue weighted by molar-refractivity contribution is -0.117. The van der Waals surface area contributed by atoms with Crippen molar-refractivity contribution in [1.29, 1.82) is 5.26 Å². The quantitative estimate of drug-likeness (QED) is 0.161. The van der Waals surface area contributed by atoms with Gasteiger partial charge in [0.1, 0.15) is 28.1 Å². The smallest absolute Gasteiger partial charge is 0.391 e. The van der Waals surface area contributed by atoms with Crippen LogP contribution in [-0.4, -0.2) is 38.1 Å². The van der Waals surface area contributed by atoms with Crippen LogP contribution in [0.5, 0.6) is 5.75 Å². The summed E-state index contributed by atoms with van der Waals surface area (Å²) in [5.41, 5.74) is 11.5. The highest BCUT2D eigenvalue weighted by Gasteiger charge is 2.27. The van der Waals surface area contributed by atoms with Crippen molar-refractivity contribution in [2.24, 2.45) is 11.5 Å². The lowest BCUT2D eigenvalue weighted by Gasteiger charge is -2.14. The van der Waals surface area contributed by atoms with Crippen LogP contribution in [0.2, 0.25) is 0 Å². The lowest BCUT2D eigenvalue weighted by atomic mass is 10.1. The van der Waals surface area contributed by atoms with Gasteiger partial charge in [0.15, 0.2) is 0 Å². The van der Waals surface area contributed by atoms with Gasteiger partial charge in [-0.2, -0.15) is 9.98 Å². The molecule has 37 heavy (non-hydrogen) atoms. The molecule has 3 aromatic rings. The number of nitriles is 1. The van der Waals surface area contributed by atoms with Crippen LogP contribution in [0.15, 0.2) is 46.7 Å². The van der Waals surface area contributed by atoms with E-state index < -0.39 is 35.8 Å². The number of anilines is 1. The van der Waals surface area contributed by atoms with Crippen LogP contribution in [-0.2, 0) is 19.4 Å². The molecule has 11 nitrogen and oxygen atoms in total. The zero-order valence-electron chi connectivity index (χ0n) is 19.4. The number of rotatable bonds is 12. The Kier molecular flexibility index (Phi) is 9.38. The van der Waals surface area contributed by atoms with E-state index in [-0.39, 0.29) is 21.4 Å². The lowest BCUT2D eigenvalue weighted by Crippen LogP contribution is -2.35. The Labute approximate surface area is 216 Å². The second kappa shape index (κ2) is 12.1. The first-order valence-electron chi connectivity index (χ1n) is 10.9. The number of sulfonamides is 1. The first-order valence-corrected chi connectivity index (χ1v) is 15.0. The maximum absolute atomic E-state index is 13.7. The third kappa shape index (κ3) is 7.80. The molecule has 0 spiro atoms. The van der Waals surface area contributed by atoms with Gasteiger partial charge in [-0.15, -0.1) is 11.3 Å². The number of nitrogens with one attached hydrogen (secondary N) is 2. The number of hydrogen-bond donors (Lipinski definition) is 5. The molecule has 0 aliphatic rings. The first-order chi connectivity index (χ1) is 17.4. The summed E-state index contributed by atoms with van der Waals surface area (Å²) in [5.74, 6) is -1.66. The van der Waals surface area contributed by atoms with Crippen molar-refractivity contribution in [3.8, 4) is 11.8 Å². The monoisotopic (exact) mass is 569 g/mol. The van der Waals surface area contributed by atoms with Gasteiger partial charge in [-0.1, -0.05) is 6.42 Å². The fraction of sp³-hybridized carbons (Fsp3) is 0.273. The molecule has 1 amide bonds. The number of carbonyl (C=O) groups excluding carboxylic acids is 1. The SMILES string of the molecule is N#Cc1ccc(OP(=O)(O)CNS(=O)(=O)c2cc3cc(NC(=O)C(N)CCCCN)ccc3s2)cc1F. The molecule has 2 atom stereocenters. The Balaban J connectivity index is 1.66. The summed E-state index contributed by atoms with van der Waals surface area (Å²) in [6.07, 6.45) is 0.989. The molecule has 7 N–H and O–H groups in total. The largest absolute Gasteiger partial charge is 0.424 e. The molecule has 0 aliphatic heterocycles. The van der Waals surface area contributed by atoms with Crippen LogP contribution in [0.3, 0.4) is 0 Å². The van der Waals surface area contributed by atoms with Gasteiger partial charge < -0.3 is 26.2 Å². The van der Waals surface area contributed by atoms with E-state index >= 15 is 0 Å². The molecule has 0 bridgehead atoms. The second-order valence-corrected chi connectivity index (χ2v) is 12.8. The number of amides is 1. The number of hydrogen-bond acceptors (Lipinski definition) is 9. The number of unbranched alkanes of at least 4 members (excludes halogenated alkanes) is 1. The summed E-state index contributed by atoms with van der Waals surface area (Å²) in [6, 6.07) is 10.0. The highest BCUT2D eigenvalue weighted by molar-refractivity contribution is 7.92. The van der Waals surface area contributed by atoms with Crippen LogP contribution >= 0.6 is 18.9 Å². The summed E-state index contributed by atoms with van der Waals surface area (Å²) in [7, 11) is -8.76. The molecule has 0 saturated carbocycles. The third-order valence-corrected chi connectivity index (χ3v) is 9.35. The van der Waals surface area contributed by atoms with Crippen LogP contribution in [0.4, 0.5) is 10.1 Å². The Morgan fingerprint density at radius 2 is 2.00 bits per heavy atom. The minimum atomic E-state index is -4.55. The molecule has 15 heteroatoms. The van der Waals surface area contributed by atoms with Crippen LogP contribution in [0.1, 0.15) is 24.8 Å². The predicted molar refractivity (Wildman–Crippen MR) is 138 cm³/mol. The van der Waals surface area contributed by atoms with Gasteiger partial charge in [-0.3, -0.25) is 4.79 Å². The number of benzene rings is 2. The minimum absolute atomic E-state index is 0.131. The first kappa shape index (κ1) is 28.7. The molecule has 2 aromatic carbocycles. The number of nitrogens with two attached hydrogens (primary N) is 2. The van der Waals surface area contributed by atoms with Crippen LogP contribution < -0.4 is 26.0 Å². The van der Waals surface area contributed by atoms with Crippen molar-refractivity contribution in [1.82, 2.24) is 4.72 Å². The Morgan fingerprint density at radius 3 is 2.68 bits per heavy atom. The van der Waals surface area contributed by atoms with Gasteiger partial charge in [0, 0.05) is 16.5 Å². The Hall–Kier alpha value is -2.89. The van der Waals surface area contributed by atoms with E-state index in [0.29, 0.717) is 28.7 Å². The Bertz CT molecular complexity index is 1490. The topological polar surface area (TPSA) is 198 Å². The summed E-state index contributed by atoms with van der Waals surface area (Å²) < 4.78 is 58.9. The molecule has 0 radical (unpaired) electrons. The highest BCUT2D eigenvalue weighted by Crippen LogP contribution is 2.42. The predicted octanol–water partition coefficient (Wildman–Crippen LogP) is 2.81. The molecule has 2 unspecified atom stereocenters. The van der Waals surface area contributed by atoms with Gasteiger partial charge in [0.05, 0.1) is 11.6 Å². The van der Waals surface area contributed by atoms with Gasteiger partial charge in [0.2, 0.25) is 5.91 Å². The molecular weight excluding hydrogens is 544 g/mol. The van der Waals surface area contributed by atoms with Crippen molar-refractivity contribution in [2.45, 2.75) is 29.5 Å². The zero-order chi connectivity index (χ0) is 27.2. The maximum Gasteiger partial charge on any atom is 0.391 e. The van der Waals surface area contributed by atoms with Crippen molar-refractivity contribution >= 4 is 50.6 Å². The molecule has 1 heterocycles. The van der Waals surface area contributed by atoms with E-state index in [1.54, 1.807) is 24.3 Å². The molecular formula is C22H25FN5O6PS2. The van der Waals surface area contributed by atoms with Crippen molar-refractivity contribution in [3.63, 3.8) is 0 Å². The summed E-state index contributed by atoms with van der Waals surface area (Å²) in [6.45, 7) is 0.517. The molecule has 0 fully saturated rings. The number of carbonyl (C=O) groups is 1. The van der Waals surface area contributed by atoms with Crippen LogP contribution in [0.25, 0.3) is 10.1 Å². The van der Waals surface area contributed by atoms with Gasteiger partial charge in [-0.25, -0.2) is 17.4 Å². The average molecular weight is 570 g/mol. The van der Waals surface area contributed by atoms with E-state index in [4.69, 9.17) is 21.3 Å². The number of thiophene rings is 1. The van der Waals surface area contributed by atoms with E-state index in [0.717, 1.165) is 42.4 Å². The molecule has 3 rings (SSSR count). The fourth-order valence-electron chi connectivity index (χ4n) is 3.18. The van der Waals surface area contributed by atoms with Crippen molar-refractivity contribution < 1.29 is 31.6 Å². The summed E-state index contributed by atoms with van der Waals surface area (Å²) in [4.78, 5) is 22.3. The van der Waals surface area contributed by atoms with Crippen molar-refractivity contribution in [2.75, 3.05) is 18.1 Å². The van der Waals surface area contributed by atoms with Gasteiger partial charge in [0.25, 0.3) is 10.0 Å². The molecule has 1 aromatic heterocycles. The average Bonchev–Trinajstić information content (AvgIpc) is 3.27. The summed E-state index contributed by atoms with van der Waals surface area (Å²) >= 11 is 0.920. The van der Waals surface area contributed by atoms with E-state index in [1.807, 2.05) is 4.72 Å². The molecule has 0 aliphatic carbocycles. The maximum atomic E-state index is 13.7. The van der Waals surface area contributed by atoms with E-state index in [2.05, 4.69) is 5.32 Å². The number of fused-ring (bicyclic) bond motifs is 1. The molecule has 0 saturated heterocycles. The Morgan fingerprint density at radius 1 is 1.24 bits per heavy atom. The molecule has 198 valence electrons. The number of nitrogens with zero attached hydrogens (tertiary/aromatic N) is 1. The third-order valence-electron chi connectivity index (χ3n) is 5.10. The van der Waals surface area contributed by atoms with Gasteiger partial charge in [-0.05, 0) is 61.2 Å². The number of halogens is 1. The normalized spacial score (nSPS) is 14.0. The van der Waals surface area contributed by atoms with E-state index in [9.17, 15) is 27.1 Å². The van der Waals surface area contributed by atoms with Crippen LogP contribution in [0, 0.1) is 17.1 Å².